The van der Waals surface area contributed by atoms with Crippen LogP contribution in [0.5, 0.6) is 0 Å². The van der Waals surface area contributed by atoms with E-state index in [1.54, 1.807) is 12.1 Å². The second-order valence-corrected chi connectivity index (χ2v) is 9.90. The van der Waals surface area contributed by atoms with Gasteiger partial charge in [-0.25, -0.2) is 4.39 Å². The number of benzene rings is 2. The Balaban J connectivity index is 1.60. The number of hydrogen-bond acceptors (Lipinski definition) is 5. The van der Waals surface area contributed by atoms with Crippen LogP contribution in [0, 0.1) is 5.82 Å². The van der Waals surface area contributed by atoms with Crippen LogP contribution in [-0.2, 0) is 21.8 Å². The van der Waals surface area contributed by atoms with E-state index in [2.05, 4.69) is 4.90 Å². The molecule has 0 radical (unpaired) electrons. The fraction of sp³-hybridized carbons (Fsp3) is 0.556. The summed E-state index contributed by atoms with van der Waals surface area (Å²) in [6.45, 7) is 4.13. The van der Waals surface area contributed by atoms with Crippen molar-refractivity contribution in [2.45, 2.75) is 56.6 Å². The lowest BCUT2D eigenvalue weighted by atomic mass is 10.0. The van der Waals surface area contributed by atoms with E-state index in [9.17, 15) is 35.8 Å². The molecule has 4 atom stereocenters. The Morgan fingerprint density at radius 2 is 1.56 bits per heavy atom. The van der Waals surface area contributed by atoms with Gasteiger partial charge in [-0.2, -0.15) is 26.3 Å². The van der Waals surface area contributed by atoms with Gasteiger partial charge < -0.3 is 14.6 Å². The van der Waals surface area contributed by atoms with Gasteiger partial charge >= 0.3 is 12.4 Å². The summed E-state index contributed by atoms with van der Waals surface area (Å²) in [5, 5.41) is 9.65. The largest absolute Gasteiger partial charge is 0.416 e. The van der Waals surface area contributed by atoms with Gasteiger partial charge in [0, 0.05) is 25.7 Å². The fourth-order valence-electron chi connectivity index (χ4n) is 5.23. The molecule has 2 saturated heterocycles. The Hall–Kier alpha value is -2.25. The average molecular weight is 565 g/mol. The molecule has 2 fully saturated rings. The van der Waals surface area contributed by atoms with Crippen molar-refractivity contribution in [1.29, 1.82) is 0 Å². The van der Waals surface area contributed by atoms with Gasteiger partial charge in [0.2, 0.25) is 0 Å². The van der Waals surface area contributed by atoms with Crippen LogP contribution < -0.4 is 0 Å². The molecule has 4 rings (SSSR count). The summed E-state index contributed by atoms with van der Waals surface area (Å²) in [6, 6.07) is 6.50. The van der Waals surface area contributed by atoms with Crippen molar-refractivity contribution in [3.05, 3.63) is 70.5 Å². The minimum Gasteiger partial charge on any atom is -0.395 e. The molecule has 0 saturated carbocycles. The first-order chi connectivity index (χ1) is 18.4. The maximum absolute atomic E-state index is 13.7. The molecule has 0 amide bonds. The second kappa shape index (κ2) is 12.1. The van der Waals surface area contributed by atoms with Crippen molar-refractivity contribution in [3.8, 4) is 0 Å². The van der Waals surface area contributed by atoms with Gasteiger partial charge in [0.15, 0.2) is 6.29 Å². The van der Waals surface area contributed by atoms with Gasteiger partial charge in [-0.05, 0) is 67.8 Å². The van der Waals surface area contributed by atoms with Crippen LogP contribution in [0.1, 0.15) is 54.2 Å². The van der Waals surface area contributed by atoms with E-state index in [0.717, 1.165) is 19.4 Å². The minimum absolute atomic E-state index is 0.0463. The van der Waals surface area contributed by atoms with Gasteiger partial charge in [0.1, 0.15) is 5.82 Å². The van der Waals surface area contributed by atoms with E-state index in [4.69, 9.17) is 9.47 Å². The number of morpholine rings is 1. The predicted octanol–water partition coefficient (Wildman–Crippen LogP) is 5.80. The van der Waals surface area contributed by atoms with Gasteiger partial charge in [0.25, 0.3) is 0 Å². The third-order valence-electron chi connectivity index (χ3n) is 7.33. The highest BCUT2D eigenvalue weighted by molar-refractivity contribution is 5.34. The van der Waals surface area contributed by atoms with E-state index in [0.29, 0.717) is 37.3 Å². The number of ether oxygens (including phenoxy) is 2. The molecule has 2 heterocycles. The standard InChI is InChI=1S/C27H31F7N2O3/c1-17(19-13-20(26(29,30)31)15-21(14-19)27(32,33)34)39-25-24(18-4-6-22(28)7-5-18)36(11-12-38-25)10-9-35-8-2-3-23(35)16-37/h4-7,13-15,17,23-25,37H,2-3,8-12,16H2,1H3/t17-,23-,24+,25-/m1/s1. The zero-order valence-electron chi connectivity index (χ0n) is 21.3. The van der Waals surface area contributed by atoms with Crippen molar-refractivity contribution in [1.82, 2.24) is 9.80 Å². The number of alkyl halides is 6. The Bertz CT molecular complexity index is 1060. The second-order valence-electron chi connectivity index (χ2n) is 9.90. The molecule has 0 unspecified atom stereocenters. The van der Waals surface area contributed by atoms with Gasteiger partial charge in [0.05, 0.1) is 36.5 Å². The molecule has 216 valence electrons. The van der Waals surface area contributed by atoms with Gasteiger partial charge in [-0.15, -0.1) is 0 Å². The molecule has 39 heavy (non-hydrogen) atoms. The Labute approximate surface area is 222 Å². The highest BCUT2D eigenvalue weighted by atomic mass is 19.4. The first-order valence-corrected chi connectivity index (χ1v) is 12.8. The molecule has 0 bridgehead atoms. The third-order valence-corrected chi connectivity index (χ3v) is 7.33. The molecule has 0 aliphatic carbocycles. The summed E-state index contributed by atoms with van der Waals surface area (Å²) >= 11 is 0. The lowest BCUT2D eigenvalue weighted by molar-refractivity contribution is -0.230. The van der Waals surface area contributed by atoms with E-state index in [1.165, 1.54) is 19.1 Å². The summed E-state index contributed by atoms with van der Waals surface area (Å²) in [7, 11) is 0. The van der Waals surface area contributed by atoms with E-state index in [-0.39, 0.29) is 30.9 Å². The molecule has 2 aromatic rings. The number of hydrogen-bond donors (Lipinski definition) is 1. The van der Waals surface area contributed by atoms with Crippen LogP contribution in [-0.4, -0.2) is 66.6 Å². The molecule has 0 spiro atoms. The molecular weight excluding hydrogens is 533 g/mol. The smallest absolute Gasteiger partial charge is 0.395 e. The maximum Gasteiger partial charge on any atom is 0.416 e. The minimum atomic E-state index is -4.98. The lowest BCUT2D eigenvalue weighted by Crippen LogP contribution is -2.49. The normalized spacial score (nSPS) is 24.3. The van der Waals surface area contributed by atoms with Crippen molar-refractivity contribution >= 4 is 0 Å². The highest BCUT2D eigenvalue weighted by Crippen LogP contribution is 2.39. The number of likely N-dealkylation sites (tertiary alicyclic amines) is 1. The van der Waals surface area contributed by atoms with E-state index in [1.807, 2.05) is 4.90 Å². The molecule has 1 N–H and O–H groups in total. The van der Waals surface area contributed by atoms with Crippen LogP contribution in [0.2, 0.25) is 0 Å². The van der Waals surface area contributed by atoms with E-state index >= 15 is 0 Å². The molecule has 2 aliphatic rings. The molecule has 12 heteroatoms. The number of aliphatic hydroxyl groups excluding tert-OH is 1. The molecule has 0 aromatic heterocycles. The topological polar surface area (TPSA) is 45.2 Å². The molecule has 2 aliphatic heterocycles. The maximum atomic E-state index is 13.7. The zero-order chi connectivity index (χ0) is 28.4. The first kappa shape index (κ1) is 29.7. The average Bonchev–Trinajstić information content (AvgIpc) is 3.34. The summed E-state index contributed by atoms with van der Waals surface area (Å²) in [5.41, 5.74) is -2.51. The van der Waals surface area contributed by atoms with Crippen LogP contribution in [0.25, 0.3) is 0 Å². The number of rotatable bonds is 8. The summed E-state index contributed by atoms with van der Waals surface area (Å²) in [4.78, 5) is 4.23. The van der Waals surface area contributed by atoms with Gasteiger partial charge in [-0.1, -0.05) is 12.1 Å². The molecular formula is C27H31F7N2O3. The molecule has 2 aromatic carbocycles. The third kappa shape index (κ3) is 7.29. The summed E-state index contributed by atoms with van der Waals surface area (Å²) in [5.74, 6) is -0.459. The van der Waals surface area contributed by atoms with Crippen LogP contribution in [0.4, 0.5) is 30.7 Å². The fourth-order valence-corrected chi connectivity index (χ4v) is 5.23. The Kier molecular flexibility index (Phi) is 9.22. The van der Waals surface area contributed by atoms with Crippen molar-refractivity contribution in [2.24, 2.45) is 0 Å². The number of nitrogens with zero attached hydrogens (tertiary/aromatic N) is 2. The van der Waals surface area contributed by atoms with Crippen molar-refractivity contribution in [2.75, 3.05) is 39.4 Å². The quantitative estimate of drug-likeness (QED) is 0.411. The van der Waals surface area contributed by atoms with Crippen molar-refractivity contribution < 1.29 is 45.3 Å². The molecule has 5 nitrogen and oxygen atoms in total. The summed E-state index contributed by atoms with van der Waals surface area (Å²) in [6.07, 6.45) is -10.3. The first-order valence-electron chi connectivity index (χ1n) is 12.8. The summed E-state index contributed by atoms with van der Waals surface area (Å²) < 4.78 is 106. The van der Waals surface area contributed by atoms with Crippen molar-refractivity contribution in [3.63, 3.8) is 0 Å². The van der Waals surface area contributed by atoms with Crippen LogP contribution >= 0.6 is 0 Å². The van der Waals surface area contributed by atoms with Crippen LogP contribution in [0.15, 0.2) is 42.5 Å². The SMILES string of the molecule is C[C@@H](O[C@H]1OCCN(CCN2CCC[C@@H]2CO)[C@H]1c1ccc(F)cc1)c1cc(C(F)(F)F)cc(C(F)(F)F)c1. The van der Waals surface area contributed by atoms with Gasteiger partial charge in [-0.3, -0.25) is 9.80 Å². The number of halogens is 7. The highest BCUT2D eigenvalue weighted by Gasteiger charge is 2.39. The monoisotopic (exact) mass is 564 g/mol. The zero-order valence-corrected chi connectivity index (χ0v) is 21.3. The predicted molar refractivity (Wildman–Crippen MR) is 128 cm³/mol. The Morgan fingerprint density at radius 3 is 2.15 bits per heavy atom. The lowest BCUT2D eigenvalue weighted by Gasteiger charge is -2.42. The van der Waals surface area contributed by atoms with Crippen LogP contribution in [0.3, 0.4) is 0 Å². The number of aliphatic hydroxyl groups is 1. The Morgan fingerprint density at radius 1 is 0.949 bits per heavy atom. The van der Waals surface area contributed by atoms with E-state index < -0.39 is 47.7 Å².